The molecule has 0 spiro atoms. The van der Waals surface area contributed by atoms with Crippen molar-refractivity contribution in [3.8, 4) is 23.0 Å². The number of benzene rings is 1. The van der Waals surface area contributed by atoms with Gasteiger partial charge in [0.05, 0.1) is 0 Å². The summed E-state index contributed by atoms with van der Waals surface area (Å²) in [4.78, 5) is 11.9. The van der Waals surface area contributed by atoms with E-state index in [-0.39, 0.29) is 5.63 Å². The van der Waals surface area contributed by atoms with E-state index in [0.29, 0.717) is 28.7 Å². The molecule has 0 saturated heterocycles. The van der Waals surface area contributed by atoms with Gasteiger partial charge in [-0.15, -0.1) is 15.3 Å². The van der Waals surface area contributed by atoms with E-state index < -0.39 is 0 Å². The molecule has 1 aromatic carbocycles. The lowest BCUT2D eigenvalue weighted by atomic mass is 10.1. The number of aryl methyl sites for hydroxylation is 1. The number of aromatic nitrogens is 4. The Morgan fingerprint density at radius 3 is 2.90 bits per heavy atom. The average Bonchev–Trinajstić information content (AvgIpc) is 3.37. The quantitative estimate of drug-likeness (QED) is 0.395. The second-order valence-electron chi connectivity index (χ2n) is 6.58. The molecule has 0 atom stereocenters. The molecular weight excluding hydrogens is 388 g/mol. The highest BCUT2D eigenvalue weighted by Gasteiger charge is 2.12. The Labute approximate surface area is 169 Å². The summed E-state index contributed by atoms with van der Waals surface area (Å²) in [6.07, 6.45) is 1.77. The molecule has 8 heteroatoms. The predicted octanol–water partition coefficient (Wildman–Crippen LogP) is 4.70. The van der Waals surface area contributed by atoms with E-state index in [1.165, 1.54) is 0 Å². The Kier molecular flexibility index (Phi) is 4.33. The van der Waals surface area contributed by atoms with E-state index in [2.05, 4.69) is 22.2 Å². The van der Waals surface area contributed by atoms with Crippen LogP contribution in [0, 0.1) is 0 Å². The minimum absolute atomic E-state index is 0.359. The van der Waals surface area contributed by atoms with Crippen LogP contribution in [-0.2, 0) is 6.42 Å². The second-order valence-corrected chi connectivity index (χ2v) is 7.36. The van der Waals surface area contributed by atoms with Crippen molar-refractivity contribution < 1.29 is 9.15 Å². The third-order valence-electron chi connectivity index (χ3n) is 4.56. The van der Waals surface area contributed by atoms with Gasteiger partial charge in [-0.1, -0.05) is 13.3 Å². The van der Waals surface area contributed by atoms with Crippen LogP contribution in [0.2, 0.25) is 0 Å². The van der Waals surface area contributed by atoms with Crippen LogP contribution < -0.4 is 10.4 Å². The first-order valence-electron chi connectivity index (χ1n) is 9.21. The van der Waals surface area contributed by atoms with Gasteiger partial charge in [-0.25, -0.2) is 4.79 Å². The zero-order valence-corrected chi connectivity index (χ0v) is 16.3. The van der Waals surface area contributed by atoms with Gasteiger partial charge < -0.3 is 9.15 Å². The summed E-state index contributed by atoms with van der Waals surface area (Å²) in [5, 5.41) is 17.8. The van der Waals surface area contributed by atoms with E-state index in [9.17, 15) is 4.79 Å². The van der Waals surface area contributed by atoms with E-state index in [1.54, 1.807) is 40.1 Å². The lowest BCUT2D eigenvalue weighted by Gasteiger charge is -2.08. The van der Waals surface area contributed by atoms with Gasteiger partial charge in [-0.3, -0.25) is 0 Å². The average molecular weight is 404 g/mol. The Morgan fingerprint density at radius 2 is 2.07 bits per heavy atom. The third-order valence-corrected chi connectivity index (χ3v) is 5.24. The maximum Gasteiger partial charge on any atom is 0.336 e. The zero-order chi connectivity index (χ0) is 19.8. The van der Waals surface area contributed by atoms with Crippen molar-refractivity contribution in [3.63, 3.8) is 0 Å². The van der Waals surface area contributed by atoms with Crippen LogP contribution in [0.15, 0.2) is 62.4 Å². The molecule has 0 saturated carbocycles. The predicted molar refractivity (Wildman–Crippen MR) is 111 cm³/mol. The molecule has 7 nitrogen and oxygen atoms in total. The Bertz CT molecular complexity index is 1370. The Balaban J connectivity index is 1.53. The number of hydrogen-bond donors (Lipinski definition) is 0. The zero-order valence-electron chi connectivity index (χ0n) is 15.5. The van der Waals surface area contributed by atoms with Crippen LogP contribution in [0.1, 0.15) is 18.9 Å². The summed E-state index contributed by atoms with van der Waals surface area (Å²) >= 11 is 1.58. The second kappa shape index (κ2) is 7.14. The molecule has 0 N–H and O–H groups in total. The summed E-state index contributed by atoms with van der Waals surface area (Å²) in [7, 11) is 0. The minimum Gasteiger partial charge on any atom is -0.437 e. The summed E-state index contributed by atoms with van der Waals surface area (Å²) in [6, 6.07) is 12.5. The van der Waals surface area contributed by atoms with Crippen molar-refractivity contribution in [2.75, 3.05) is 0 Å². The fourth-order valence-electron chi connectivity index (χ4n) is 3.27. The Hall–Kier alpha value is -3.52. The topological polar surface area (TPSA) is 82.5 Å². The lowest BCUT2D eigenvalue weighted by Crippen LogP contribution is -2.01. The van der Waals surface area contributed by atoms with Crippen molar-refractivity contribution in [2.45, 2.75) is 19.8 Å². The monoisotopic (exact) mass is 404 g/mol. The van der Waals surface area contributed by atoms with E-state index >= 15 is 0 Å². The molecule has 0 radical (unpaired) electrons. The van der Waals surface area contributed by atoms with Gasteiger partial charge in [0.2, 0.25) is 5.88 Å². The highest BCUT2D eigenvalue weighted by atomic mass is 32.1. The van der Waals surface area contributed by atoms with Crippen molar-refractivity contribution in [2.24, 2.45) is 0 Å². The highest BCUT2D eigenvalue weighted by molar-refractivity contribution is 7.08. The van der Waals surface area contributed by atoms with Crippen LogP contribution in [-0.4, -0.2) is 19.8 Å². The molecule has 0 bridgehead atoms. The van der Waals surface area contributed by atoms with Gasteiger partial charge in [0.1, 0.15) is 11.3 Å². The molecule has 0 aliphatic heterocycles. The fourth-order valence-corrected chi connectivity index (χ4v) is 3.90. The molecule has 0 amide bonds. The number of rotatable bonds is 5. The Morgan fingerprint density at radius 1 is 1.14 bits per heavy atom. The van der Waals surface area contributed by atoms with Gasteiger partial charge in [0.15, 0.2) is 11.5 Å². The van der Waals surface area contributed by atoms with Crippen molar-refractivity contribution in [3.05, 3.63) is 69.2 Å². The van der Waals surface area contributed by atoms with Gasteiger partial charge in [0, 0.05) is 34.5 Å². The number of hydrogen-bond acceptors (Lipinski definition) is 7. The maximum absolute atomic E-state index is 11.9. The largest absolute Gasteiger partial charge is 0.437 e. The molecule has 5 rings (SSSR count). The third kappa shape index (κ3) is 3.27. The van der Waals surface area contributed by atoms with Crippen molar-refractivity contribution in [1.82, 2.24) is 19.8 Å². The van der Waals surface area contributed by atoms with Crippen molar-refractivity contribution in [1.29, 1.82) is 0 Å². The number of ether oxygens (including phenoxy) is 1. The molecular formula is C21H16N4O3S. The molecule has 0 fully saturated rings. The normalized spacial score (nSPS) is 11.3. The van der Waals surface area contributed by atoms with Gasteiger partial charge in [0.25, 0.3) is 0 Å². The van der Waals surface area contributed by atoms with Gasteiger partial charge in [-0.2, -0.15) is 15.9 Å². The molecule has 4 heterocycles. The van der Waals surface area contributed by atoms with Gasteiger partial charge >= 0.3 is 5.63 Å². The van der Waals surface area contributed by atoms with E-state index in [1.807, 2.05) is 29.0 Å². The van der Waals surface area contributed by atoms with Crippen LogP contribution in [0.25, 0.3) is 28.0 Å². The molecule has 29 heavy (non-hydrogen) atoms. The van der Waals surface area contributed by atoms with Crippen LogP contribution >= 0.6 is 11.3 Å². The molecule has 0 unspecified atom stereocenters. The first-order valence-corrected chi connectivity index (χ1v) is 10.2. The van der Waals surface area contributed by atoms with Crippen LogP contribution in [0.3, 0.4) is 0 Å². The SMILES string of the molecule is CCCc1cc(=O)oc2cc(Oc3ccc4nnc(-c5ccsc5)n4n3)ccc12. The lowest BCUT2D eigenvalue weighted by molar-refractivity contribution is 0.451. The highest BCUT2D eigenvalue weighted by Crippen LogP contribution is 2.27. The molecule has 0 aliphatic carbocycles. The molecule has 4 aromatic heterocycles. The summed E-state index contributed by atoms with van der Waals surface area (Å²) in [6.45, 7) is 2.08. The first-order chi connectivity index (χ1) is 14.2. The number of thiophene rings is 1. The minimum atomic E-state index is -0.359. The first kappa shape index (κ1) is 17.6. The summed E-state index contributed by atoms with van der Waals surface area (Å²) < 4.78 is 13.0. The van der Waals surface area contributed by atoms with Crippen LogP contribution in [0.4, 0.5) is 0 Å². The van der Waals surface area contributed by atoms with E-state index in [0.717, 1.165) is 29.4 Å². The van der Waals surface area contributed by atoms with Crippen molar-refractivity contribution >= 4 is 28.0 Å². The number of fused-ring (bicyclic) bond motifs is 2. The maximum atomic E-state index is 11.9. The molecule has 0 aliphatic rings. The van der Waals surface area contributed by atoms with Crippen LogP contribution in [0.5, 0.6) is 11.6 Å². The smallest absolute Gasteiger partial charge is 0.336 e. The summed E-state index contributed by atoms with van der Waals surface area (Å²) in [5.41, 5.74) is 2.70. The summed E-state index contributed by atoms with van der Waals surface area (Å²) in [5.74, 6) is 1.58. The van der Waals surface area contributed by atoms with E-state index in [4.69, 9.17) is 9.15 Å². The molecule has 5 aromatic rings. The fraction of sp³-hybridized carbons (Fsp3) is 0.143. The number of nitrogens with zero attached hydrogens (tertiary/aromatic N) is 4. The van der Waals surface area contributed by atoms with Gasteiger partial charge in [-0.05, 0) is 41.6 Å². The standard InChI is InChI=1S/C21H16N4O3S/c1-2-3-13-10-20(26)28-17-11-15(4-5-16(13)17)27-19-7-6-18-22-23-21(25(18)24-19)14-8-9-29-12-14/h4-12H,2-3H2,1H3. The molecule has 144 valence electrons.